The molecule has 9 nitrogen and oxygen atoms in total. The third-order valence-corrected chi connectivity index (χ3v) is 5.75. The standard InChI is InChI=1S/C23H24N4O5S/c1-15-13-16(2)26-23(25-15)27-33(29,30)19-8-6-18(7-9-19)24-12-11-20(28)17-5-10-21(31-3)22(14-17)32-4/h5-14H,1-4H3,(H2,24,25,26,27,28)/p-1. The summed E-state index contributed by atoms with van der Waals surface area (Å²) >= 11 is 0. The van der Waals surface area contributed by atoms with Crippen LogP contribution in [0.2, 0.25) is 0 Å². The maximum Gasteiger partial charge on any atom is 0.229 e. The van der Waals surface area contributed by atoms with Crippen LogP contribution in [0.1, 0.15) is 21.7 Å². The number of nitrogens with one attached hydrogen (secondary N) is 1. The lowest BCUT2D eigenvalue weighted by Crippen LogP contribution is -2.01. The molecule has 0 saturated carbocycles. The van der Waals surface area contributed by atoms with E-state index in [0.29, 0.717) is 34.1 Å². The highest BCUT2D eigenvalue weighted by atomic mass is 32.2. The van der Waals surface area contributed by atoms with Crippen molar-refractivity contribution in [2.45, 2.75) is 18.7 Å². The predicted molar refractivity (Wildman–Crippen MR) is 125 cm³/mol. The second kappa shape index (κ2) is 10.1. The summed E-state index contributed by atoms with van der Waals surface area (Å²) in [5.74, 6) is 0.640. The van der Waals surface area contributed by atoms with Crippen molar-refractivity contribution in [1.29, 1.82) is 0 Å². The van der Waals surface area contributed by atoms with Crippen LogP contribution in [0.4, 0.5) is 11.6 Å². The maximum absolute atomic E-state index is 12.5. The first kappa shape index (κ1) is 23.7. The van der Waals surface area contributed by atoms with Crippen molar-refractivity contribution in [3.8, 4) is 11.5 Å². The van der Waals surface area contributed by atoms with Gasteiger partial charge in [0.1, 0.15) is 0 Å². The van der Waals surface area contributed by atoms with E-state index in [2.05, 4.69) is 20.0 Å². The molecule has 3 aromatic rings. The molecule has 2 aromatic carbocycles. The predicted octanol–water partition coefficient (Wildman–Crippen LogP) is 4.31. The Morgan fingerprint density at radius 1 is 0.939 bits per heavy atom. The fourth-order valence-electron chi connectivity index (χ4n) is 2.93. The highest BCUT2D eigenvalue weighted by Crippen LogP contribution is 2.28. The number of ether oxygens (including phenoxy) is 2. The van der Waals surface area contributed by atoms with Gasteiger partial charge < -0.3 is 24.8 Å². The molecule has 1 N–H and O–H groups in total. The van der Waals surface area contributed by atoms with E-state index in [-0.39, 0.29) is 16.6 Å². The van der Waals surface area contributed by atoms with E-state index < -0.39 is 10.0 Å². The quantitative estimate of drug-likeness (QED) is 0.365. The largest absolute Gasteiger partial charge is 0.493 e. The first-order valence-corrected chi connectivity index (χ1v) is 11.3. The summed E-state index contributed by atoms with van der Waals surface area (Å²) in [6.07, 6.45) is 2.83. The Kier molecular flexibility index (Phi) is 7.29. The number of aryl methyl sites for hydroxylation is 2. The number of aromatic nitrogens is 2. The van der Waals surface area contributed by atoms with Crippen LogP contribution < -0.4 is 14.8 Å². The molecule has 0 amide bonds. The number of rotatable bonds is 9. The van der Waals surface area contributed by atoms with Gasteiger partial charge in [0.2, 0.25) is 10.0 Å². The molecule has 0 saturated heterocycles. The van der Waals surface area contributed by atoms with Gasteiger partial charge in [0.15, 0.2) is 17.3 Å². The van der Waals surface area contributed by atoms with E-state index in [9.17, 15) is 13.2 Å². The van der Waals surface area contributed by atoms with Gasteiger partial charge in [0.05, 0.1) is 19.1 Å². The van der Waals surface area contributed by atoms with Crippen molar-refractivity contribution in [1.82, 2.24) is 9.97 Å². The van der Waals surface area contributed by atoms with Crippen molar-refractivity contribution in [3.63, 3.8) is 0 Å². The van der Waals surface area contributed by atoms with Gasteiger partial charge >= 0.3 is 0 Å². The van der Waals surface area contributed by atoms with Gasteiger partial charge in [0, 0.05) is 29.5 Å². The van der Waals surface area contributed by atoms with Crippen LogP contribution in [-0.4, -0.2) is 38.4 Å². The van der Waals surface area contributed by atoms with Crippen molar-refractivity contribution in [3.05, 3.63) is 82.5 Å². The highest BCUT2D eigenvalue weighted by molar-refractivity contribution is 7.94. The van der Waals surface area contributed by atoms with Gasteiger partial charge in [-0.15, -0.1) is 0 Å². The van der Waals surface area contributed by atoms with Crippen LogP contribution >= 0.6 is 0 Å². The molecule has 0 unspecified atom stereocenters. The van der Waals surface area contributed by atoms with Crippen molar-refractivity contribution < 1.29 is 22.7 Å². The molecule has 0 aliphatic carbocycles. The Bertz CT molecular complexity index is 1270. The molecular weight excluding hydrogens is 444 g/mol. The molecule has 10 heteroatoms. The molecular formula is C23H23N4O5S-. The Morgan fingerprint density at radius 2 is 1.58 bits per heavy atom. The lowest BCUT2D eigenvalue weighted by molar-refractivity contribution is 0.104. The van der Waals surface area contributed by atoms with Crippen LogP contribution in [0.3, 0.4) is 0 Å². The normalized spacial score (nSPS) is 11.3. The lowest BCUT2D eigenvalue weighted by Gasteiger charge is -2.15. The topological polar surface area (TPSA) is 122 Å². The molecule has 0 radical (unpaired) electrons. The molecule has 1 aromatic heterocycles. The summed E-state index contributed by atoms with van der Waals surface area (Å²) in [6.45, 7) is 3.48. The van der Waals surface area contributed by atoms with E-state index in [1.165, 1.54) is 38.6 Å². The van der Waals surface area contributed by atoms with Gasteiger partial charge in [-0.25, -0.2) is 8.42 Å². The zero-order valence-electron chi connectivity index (χ0n) is 18.6. The van der Waals surface area contributed by atoms with E-state index in [0.717, 1.165) is 0 Å². The number of benzene rings is 2. The molecule has 0 aliphatic rings. The zero-order valence-corrected chi connectivity index (χ0v) is 19.4. The van der Waals surface area contributed by atoms with Crippen LogP contribution in [0, 0.1) is 13.8 Å². The van der Waals surface area contributed by atoms with Gasteiger partial charge in [0.25, 0.3) is 0 Å². The minimum atomic E-state index is -3.97. The van der Waals surface area contributed by atoms with E-state index in [1.807, 2.05) is 0 Å². The minimum Gasteiger partial charge on any atom is -0.493 e. The maximum atomic E-state index is 12.5. The van der Waals surface area contributed by atoms with Crippen molar-refractivity contribution in [2.24, 2.45) is 0 Å². The average Bonchev–Trinajstić information content (AvgIpc) is 2.77. The fourth-order valence-corrected chi connectivity index (χ4v) is 3.81. The molecule has 0 fully saturated rings. The van der Waals surface area contributed by atoms with Crippen LogP contribution in [-0.2, 0) is 10.0 Å². The van der Waals surface area contributed by atoms with Gasteiger partial charge in [-0.1, -0.05) is 6.07 Å². The Morgan fingerprint density at radius 3 is 2.18 bits per heavy atom. The van der Waals surface area contributed by atoms with Gasteiger partial charge in [-0.3, -0.25) is 9.52 Å². The summed E-state index contributed by atoms with van der Waals surface area (Å²) < 4.78 is 39.2. The molecule has 33 heavy (non-hydrogen) atoms. The summed E-state index contributed by atoms with van der Waals surface area (Å²) in [5, 5.41) is 2.93. The molecule has 3 rings (SSSR count). The zero-order chi connectivity index (χ0) is 24.0. The molecule has 172 valence electrons. The smallest absolute Gasteiger partial charge is 0.229 e. The molecule has 0 aliphatic heterocycles. The Hall–Kier alpha value is -3.92. The number of hydrogen-bond acceptors (Lipinski definition) is 8. The number of methoxy groups -OCH3 is 2. The average molecular weight is 468 g/mol. The van der Waals surface area contributed by atoms with E-state index in [4.69, 9.17) is 9.47 Å². The fraction of sp³-hybridized carbons (Fsp3) is 0.174. The first-order chi connectivity index (χ1) is 15.7. The summed E-state index contributed by atoms with van der Waals surface area (Å²) in [4.78, 5) is 20.5. The highest BCUT2D eigenvalue weighted by Gasteiger charge is 2.12. The second-order valence-electron chi connectivity index (χ2n) is 6.95. The van der Waals surface area contributed by atoms with Crippen LogP contribution in [0.15, 0.2) is 65.7 Å². The SMILES string of the molecule is COc1ccc(C(=O)/C=C/Nc2ccc(S(=O)(=O)[N-]c3nc(C)cc(C)n3)cc2)cc1OC. The van der Waals surface area contributed by atoms with Gasteiger partial charge in [-0.05, 0) is 67.7 Å². The third kappa shape index (κ3) is 6.07. The molecule has 0 atom stereocenters. The summed E-state index contributed by atoms with van der Waals surface area (Å²) in [7, 11) is -0.953. The summed E-state index contributed by atoms with van der Waals surface area (Å²) in [5.41, 5.74) is 2.28. The summed E-state index contributed by atoms with van der Waals surface area (Å²) in [6, 6.07) is 12.6. The number of hydrogen-bond donors (Lipinski definition) is 1. The van der Waals surface area contributed by atoms with E-state index >= 15 is 0 Å². The first-order valence-electron chi connectivity index (χ1n) is 9.81. The number of ketones is 1. The number of anilines is 1. The number of allylic oxidation sites excluding steroid dienone is 1. The number of sulfonamides is 1. The molecule has 1 heterocycles. The molecule has 0 spiro atoms. The van der Waals surface area contributed by atoms with Crippen LogP contribution in [0.5, 0.6) is 11.5 Å². The monoisotopic (exact) mass is 467 g/mol. The van der Waals surface area contributed by atoms with Crippen molar-refractivity contribution >= 4 is 27.4 Å². The lowest BCUT2D eigenvalue weighted by atomic mass is 10.1. The number of carbonyl (C=O) groups excluding carboxylic acids is 1. The Labute approximate surface area is 192 Å². The molecule has 0 bridgehead atoms. The van der Waals surface area contributed by atoms with Gasteiger partial charge in [-0.2, -0.15) is 0 Å². The van der Waals surface area contributed by atoms with Crippen molar-refractivity contribution in [2.75, 3.05) is 19.5 Å². The van der Waals surface area contributed by atoms with Crippen LogP contribution in [0.25, 0.3) is 4.72 Å². The third-order valence-electron chi connectivity index (χ3n) is 4.48. The van der Waals surface area contributed by atoms with E-state index in [1.54, 1.807) is 50.2 Å². The Balaban J connectivity index is 1.65. The number of carbonyl (C=O) groups is 1. The number of nitrogens with zero attached hydrogens (tertiary/aromatic N) is 3. The second-order valence-corrected chi connectivity index (χ2v) is 8.56. The minimum absolute atomic E-state index is 0.00110.